The maximum absolute atomic E-state index is 11.1. The van der Waals surface area contributed by atoms with Crippen LogP contribution in [0.25, 0.3) is 11.0 Å². The van der Waals surface area contributed by atoms with Crippen LogP contribution in [0, 0.1) is 0 Å². The van der Waals surface area contributed by atoms with Gasteiger partial charge in [0.25, 0.3) is 0 Å². The van der Waals surface area contributed by atoms with E-state index in [0.717, 1.165) is 29.9 Å². The molecule has 2 rings (SSSR count). The molecule has 4 nitrogen and oxygen atoms in total. The zero-order valence-electron chi connectivity index (χ0n) is 9.16. The average molecular weight is 237 g/mol. The summed E-state index contributed by atoms with van der Waals surface area (Å²) in [6.07, 6.45) is 0.959. The quantitative estimate of drug-likeness (QED) is 0.553. The highest BCUT2D eigenvalue weighted by molar-refractivity contribution is 7.80. The van der Waals surface area contributed by atoms with Gasteiger partial charge in [-0.2, -0.15) is 12.6 Å². The number of nitrogens with zero attached hydrogens (tertiary/aromatic N) is 1. The van der Waals surface area contributed by atoms with Gasteiger partial charge in [-0.15, -0.1) is 0 Å². The van der Waals surface area contributed by atoms with Crippen molar-refractivity contribution in [2.24, 2.45) is 0 Å². The van der Waals surface area contributed by atoms with Crippen LogP contribution in [0.4, 0.5) is 0 Å². The van der Waals surface area contributed by atoms with Crippen LogP contribution >= 0.6 is 12.6 Å². The molecule has 0 radical (unpaired) electrons. The molecule has 5 heteroatoms. The van der Waals surface area contributed by atoms with E-state index in [9.17, 15) is 4.79 Å². The van der Waals surface area contributed by atoms with Crippen molar-refractivity contribution in [2.45, 2.75) is 6.42 Å². The van der Waals surface area contributed by atoms with Gasteiger partial charge < -0.3 is 9.97 Å². The second-order valence-electron chi connectivity index (χ2n) is 3.93. The van der Waals surface area contributed by atoms with Crippen LogP contribution in [0.3, 0.4) is 0 Å². The number of rotatable bonds is 4. The molecule has 0 unspecified atom stereocenters. The van der Waals surface area contributed by atoms with Crippen LogP contribution in [0.15, 0.2) is 23.0 Å². The largest absolute Gasteiger partial charge is 0.323 e. The summed E-state index contributed by atoms with van der Waals surface area (Å²) >= 11 is 4.20. The Morgan fingerprint density at radius 2 is 2.06 bits per heavy atom. The first-order valence-corrected chi connectivity index (χ1v) is 5.82. The van der Waals surface area contributed by atoms with Gasteiger partial charge in [-0.05, 0) is 31.2 Å². The zero-order valence-corrected chi connectivity index (χ0v) is 10.1. The summed E-state index contributed by atoms with van der Waals surface area (Å²) in [6, 6.07) is 5.99. The average Bonchev–Trinajstić information content (AvgIpc) is 2.65. The zero-order chi connectivity index (χ0) is 11.5. The molecule has 1 aromatic heterocycles. The summed E-state index contributed by atoms with van der Waals surface area (Å²) in [5.41, 5.74) is 2.79. The van der Waals surface area contributed by atoms with Crippen LogP contribution in [0.5, 0.6) is 0 Å². The lowest BCUT2D eigenvalue weighted by Crippen LogP contribution is -2.19. The third kappa shape index (κ3) is 2.48. The third-order valence-electron chi connectivity index (χ3n) is 2.60. The monoisotopic (exact) mass is 237 g/mol. The predicted molar refractivity (Wildman–Crippen MR) is 69.1 cm³/mol. The van der Waals surface area contributed by atoms with E-state index in [1.807, 2.05) is 25.2 Å². The van der Waals surface area contributed by atoms with Gasteiger partial charge in [0.15, 0.2) is 0 Å². The SMILES string of the molecule is CN(CS)CCc1ccc2[nH]c(=O)[nH]c2c1. The summed E-state index contributed by atoms with van der Waals surface area (Å²) in [5, 5.41) is 0. The molecule has 0 bridgehead atoms. The van der Waals surface area contributed by atoms with Gasteiger partial charge in [-0.3, -0.25) is 4.90 Å². The predicted octanol–water partition coefficient (Wildman–Crippen LogP) is 1.22. The van der Waals surface area contributed by atoms with E-state index in [0.29, 0.717) is 0 Å². The highest BCUT2D eigenvalue weighted by Crippen LogP contribution is 2.10. The molecule has 0 aliphatic heterocycles. The van der Waals surface area contributed by atoms with Crippen LogP contribution in [-0.4, -0.2) is 34.3 Å². The number of aromatic nitrogens is 2. The van der Waals surface area contributed by atoms with Gasteiger partial charge >= 0.3 is 5.69 Å². The van der Waals surface area contributed by atoms with E-state index in [-0.39, 0.29) is 5.69 Å². The first-order chi connectivity index (χ1) is 7.69. The molecule has 86 valence electrons. The molecule has 0 spiro atoms. The highest BCUT2D eigenvalue weighted by atomic mass is 32.1. The minimum atomic E-state index is -0.153. The summed E-state index contributed by atoms with van der Waals surface area (Å²) in [7, 11) is 2.03. The second kappa shape index (κ2) is 4.76. The molecule has 0 fully saturated rings. The van der Waals surface area contributed by atoms with Crippen LogP contribution in [0.2, 0.25) is 0 Å². The fourth-order valence-corrected chi connectivity index (χ4v) is 1.77. The Morgan fingerprint density at radius 3 is 2.81 bits per heavy atom. The van der Waals surface area contributed by atoms with Crippen molar-refractivity contribution in [1.29, 1.82) is 0 Å². The molecule has 0 aliphatic rings. The van der Waals surface area contributed by atoms with Crippen molar-refractivity contribution >= 4 is 23.7 Å². The topological polar surface area (TPSA) is 51.9 Å². The Hall–Kier alpha value is -1.20. The number of fused-ring (bicyclic) bond motifs is 1. The van der Waals surface area contributed by atoms with E-state index in [1.165, 1.54) is 5.56 Å². The summed E-state index contributed by atoms with van der Waals surface area (Å²) in [4.78, 5) is 18.7. The lowest BCUT2D eigenvalue weighted by atomic mass is 10.1. The molecule has 0 saturated carbocycles. The number of thiol groups is 1. The molecule has 0 atom stereocenters. The normalized spacial score (nSPS) is 11.4. The van der Waals surface area contributed by atoms with Gasteiger partial charge in [0.2, 0.25) is 0 Å². The fourth-order valence-electron chi connectivity index (χ4n) is 1.63. The number of imidazole rings is 1. The van der Waals surface area contributed by atoms with E-state index in [2.05, 4.69) is 27.5 Å². The van der Waals surface area contributed by atoms with E-state index >= 15 is 0 Å². The summed E-state index contributed by atoms with van der Waals surface area (Å²) < 4.78 is 0. The summed E-state index contributed by atoms with van der Waals surface area (Å²) in [5.74, 6) is 0.753. The number of aromatic amines is 2. The smallest absolute Gasteiger partial charge is 0.306 e. The molecular weight excluding hydrogens is 222 g/mol. The number of H-pyrrole nitrogens is 2. The van der Waals surface area contributed by atoms with Crippen molar-refractivity contribution in [3.8, 4) is 0 Å². The molecular formula is C11H15N3OS. The van der Waals surface area contributed by atoms with Crippen LogP contribution in [-0.2, 0) is 6.42 Å². The van der Waals surface area contributed by atoms with Gasteiger partial charge in [0.05, 0.1) is 11.0 Å². The number of nitrogens with one attached hydrogen (secondary N) is 2. The fraction of sp³-hybridized carbons (Fsp3) is 0.364. The summed E-state index contributed by atoms with van der Waals surface area (Å²) in [6.45, 7) is 0.962. The Balaban J connectivity index is 2.16. The standard InChI is InChI=1S/C11H15N3OS/c1-14(7-16)5-4-8-2-3-9-10(6-8)13-11(15)12-9/h2-3,6,16H,4-5,7H2,1H3,(H2,12,13,15). The molecule has 2 N–H and O–H groups in total. The van der Waals surface area contributed by atoms with Crippen LogP contribution < -0.4 is 5.69 Å². The molecule has 2 aromatic rings. The van der Waals surface area contributed by atoms with Crippen molar-refractivity contribution in [2.75, 3.05) is 19.5 Å². The van der Waals surface area contributed by atoms with Gasteiger partial charge in [-0.1, -0.05) is 6.07 Å². The molecule has 0 amide bonds. The maximum Gasteiger partial charge on any atom is 0.323 e. The Kier molecular flexibility index (Phi) is 3.36. The van der Waals surface area contributed by atoms with Crippen molar-refractivity contribution in [3.63, 3.8) is 0 Å². The first-order valence-electron chi connectivity index (χ1n) is 5.19. The van der Waals surface area contributed by atoms with Crippen molar-refractivity contribution in [3.05, 3.63) is 34.2 Å². The molecule has 0 aliphatic carbocycles. The Morgan fingerprint density at radius 1 is 1.31 bits per heavy atom. The Bertz CT molecular complexity index is 531. The number of benzene rings is 1. The van der Waals surface area contributed by atoms with Crippen molar-refractivity contribution < 1.29 is 0 Å². The van der Waals surface area contributed by atoms with E-state index in [1.54, 1.807) is 0 Å². The highest BCUT2D eigenvalue weighted by Gasteiger charge is 2.01. The number of hydrogen-bond acceptors (Lipinski definition) is 3. The van der Waals surface area contributed by atoms with Gasteiger partial charge in [-0.25, -0.2) is 4.79 Å². The number of likely N-dealkylation sites (N-methyl/N-ethyl adjacent to an activating group) is 1. The van der Waals surface area contributed by atoms with Crippen molar-refractivity contribution in [1.82, 2.24) is 14.9 Å². The third-order valence-corrected chi connectivity index (χ3v) is 3.09. The van der Waals surface area contributed by atoms with Gasteiger partial charge in [0.1, 0.15) is 0 Å². The molecule has 1 heterocycles. The second-order valence-corrected chi connectivity index (χ2v) is 4.21. The molecule has 16 heavy (non-hydrogen) atoms. The minimum absolute atomic E-state index is 0.153. The van der Waals surface area contributed by atoms with E-state index < -0.39 is 0 Å². The van der Waals surface area contributed by atoms with Crippen LogP contribution in [0.1, 0.15) is 5.56 Å². The number of hydrogen-bond donors (Lipinski definition) is 3. The minimum Gasteiger partial charge on any atom is -0.306 e. The Labute approximate surface area is 99.1 Å². The lowest BCUT2D eigenvalue weighted by molar-refractivity contribution is 0.399. The van der Waals surface area contributed by atoms with E-state index in [4.69, 9.17) is 0 Å². The maximum atomic E-state index is 11.1. The lowest BCUT2D eigenvalue weighted by Gasteiger charge is -2.12. The molecule has 0 saturated heterocycles. The van der Waals surface area contributed by atoms with Gasteiger partial charge in [0, 0.05) is 12.4 Å². The first kappa shape index (κ1) is 11.3. The molecule has 1 aromatic carbocycles.